The molecule has 21 heavy (non-hydrogen) atoms. The predicted octanol–water partition coefficient (Wildman–Crippen LogP) is 4.41. The van der Waals surface area contributed by atoms with Crippen molar-refractivity contribution in [2.45, 2.75) is 18.9 Å². The molecule has 1 unspecified atom stereocenters. The zero-order valence-corrected chi connectivity index (χ0v) is 14.7. The molecular weight excluding hydrogens is 396 g/mol. The van der Waals surface area contributed by atoms with Crippen LogP contribution in [0.1, 0.15) is 18.9 Å². The Bertz CT molecular complexity index is 643. The summed E-state index contributed by atoms with van der Waals surface area (Å²) in [5, 5.41) is 3.31. The molecule has 0 bridgehead atoms. The van der Waals surface area contributed by atoms with Gasteiger partial charge in [0.05, 0.1) is 0 Å². The van der Waals surface area contributed by atoms with E-state index in [2.05, 4.69) is 37.2 Å². The van der Waals surface area contributed by atoms with Gasteiger partial charge in [0, 0.05) is 14.6 Å². The first-order valence-corrected chi connectivity index (χ1v) is 8.17. The molecular formula is C16H16Br2N2O. The summed E-state index contributed by atoms with van der Waals surface area (Å²) in [5.41, 5.74) is 6.46. The van der Waals surface area contributed by atoms with Gasteiger partial charge in [0.25, 0.3) is 0 Å². The lowest BCUT2D eigenvalue weighted by molar-refractivity contribution is -0.122. The van der Waals surface area contributed by atoms with Crippen molar-refractivity contribution in [3.63, 3.8) is 0 Å². The zero-order valence-electron chi connectivity index (χ0n) is 11.6. The number of carbonyl (C=O) groups excluding carboxylic acids is 1. The van der Waals surface area contributed by atoms with Crippen LogP contribution in [0.15, 0.2) is 57.5 Å². The first-order chi connectivity index (χ1) is 9.99. The molecule has 2 aromatic rings. The number of benzene rings is 2. The van der Waals surface area contributed by atoms with Crippen LogP contribution < -0.4 is 11.1 Å². The fraction of sp³-hybridized carbons (Fsp3) is 0.188. The summed E-state index contributed by atoms with van der Waals surface area (Å²) < 4.78 is 1.85. The van der Waals surface area contributed by atoms with Gasteiger partial charge in [-0.3, -0.25) is 4.79 Å². The van der Waals surface area contributed by atoms with Crippen LogP contribution in [-0.4, -0.2) is 5.91 Å². The van der Waals surface area contributed by atoms with Crippen molar-refractivity contribution in [2.24, 2.45) is 5.73 Å². The number of rotatable bonds is 5. The minimum atomic E-state index is -0.940. The molecule has 1 atom stereocenters. The smallest absolute Gasteiger partial charge is 0.247 e. The highest BCUT2D eigenvalue weighted by molar-refractivity contribution is 9.10. The maximum Gasteiger partial charge on any atom is 0.247 e. The lowest BCUT2D eigenvalue weighted by Gasteiger charge is -2.32. The van der Waals surface area contributed by atoms with Crippen molar-refractivity contribution in [2.75, 3.05) is 5.32 Å². The van der Waals surface area contributed by atoms with Crippen molar-refractivity contribution in [3.8, 4) is 0 Å². The van der Waals surface area contributed by atoms with Gasteiger partial charge in [-0.2, -0.15) is 0 Å². The van der Waals surface area contributed by atoms with Gasteiger partial charge in [-0.25, -0.2) is 0 Å². The molecule has 0 heterocycles. The molecule has 5 heteroatoms. The Labute approximate surface area is 141 Å². The molecule has 2 aromatic carbocycles. The number of nitrogens with two attached hydrogens (primary N) is 1. The maximum atomic E-state index is 12.2. The molecule has 0 spiro atoms. The number of carbonyl (C=O) groups is 1. The second-order valence-electron chi connectivity index (χ2n) is 4.73. The molecule has 2 rings (SSSR count). The third-order valence-electron chi connectivity index (χ3n) is 3.51. The summed E-state index contributed by atoms with van der Waals surface area (Å²) in [6, 6.07) is 15.3. The van der Waals surface area contributed by atoms with Gasteiger partial charge in [0.1, 0.15) is 5.54 Å². The minimum Gasteiger partial charge on any atom is -0.367 e. The first kappa shape index (κ1) is 16.0. The van der Waals surface area contributed by atoms with Crippen molar-refractivity contribution in [1.29, 1.82) is 0 Å². The van der Waals surface area contributed by atoms with Crippen LogP contribution >= 0.6 is 31.9 Å². The van der Waals surface area contributed by atoms with E-state index in [9.17, 15) is 4.79 Å². The normalized spacial score (nSPS) is 13.5. The number of para-hydroxylation sites is 1. The van der Waals surface area contributed by atoms with E-state index in [1.54, 1.807) is 0 Å². The lowest BCUT2D eigenvalue weighted by Crippen LogP contribution is -2.47. The van der Waals surface area contributed by atoms with Gasteiger partial charge in [-0.15, -0.1) is 0 Å². The van der Waals surface area contributed by atoms with Crippen LogP contribution in [0, 0.1) is 0 Å². The molecule has 0 aliphatic heterocycles. The Morgan fingerprint density at radius 1 is 1.14 bits per heavy atom. The van der Waals surface area contributed by atoms with E-state index in [-0.39, 0.29) is 0 Å². The molecule has 3 N–H and O–H groups in total. The molecule has 0 aromatic heterocycles. The van der Waals surface area contributed by atoms with E-state index in [0.29, 0.717) is 6.42 Å². The van der Waals surface area contributed by atoms with Gasteiger partial charge in [-0.1, -0.05) is 47.1 Å². The minimum absolute atomic E-state index is 0.400. The number of primary amides is 1. The topological polar surface area (TPSA) is 55.1 Å². The van der Waals surface area contributed by atoms with Crippen molar-refractivity contribution >= 4 is 43.5 Å². The second-order valence-corrected chi connectivity index (χ2v) is 6.50. The molecule has 3 nitrogen and oxygen atoms in total. The number of nitrogens with one attached hydrogen (secondary N) is 1. The first-order valence-electron chi connectivity index (χ1n) is 6.58. The Hall–Kier alpha value is -1.33. The predicted molar refractivity (Wildman–Crippen MR) is 93.1 cm³/mol. The highest BCUT2D eigenvalue weighted by Gasteiger charge is 2.37. The van der Waals surface area contributed by atoms with Crippen LogP contribution in [0.25, 0.3) is 0 Å². The second kappa shape index (κ2) is 6.62. The Morgan fingerprint density at radius 2 is 1.76 bits per heavy atom. The molecule has 1 amide bonds. The molecule has 0 saturated heterocycles. The molecule has 0 fully saturated rings. The van der Waals surface area contributed by atoms with Gasteiger partial charge >= 0.3 is 0 Å². The van der Waals surface area contributed by atoms with E-state index < -0.39 is 11.4 Å². The van der Waals surface area contributed by atoms with E-state index in [1.165, 1.54) is 0 Å². The molecule has 0 saturated carbocycles. The fourth-order valence-corrected chi connectivity index (χ4v) is 2.92. The zero-order chi connectivity index (χ0) is 15.5. The Balaban J connectivity index is 2.50. The van der Waals surface area contributed by atoms with E-state index >= 15 is 0 Å². The summed E-state index contributed by atoms with van der Waals surface area (Å²) in [6.45, 7) is 1.94. The van der Waals surface area contributed by atoms with Crippen LogP contribution in [0.4, 0.5) is 5.69 Å². The van der Waals surface area contributed by atoms with Gasteiger partial charge in [0.15, 0.2) is 0 Å². The maximum absolute atomic E-state index is 12.2. The van der Waals surface area contributed by atoms with Crippen molar-refractivity contribution in [1.82, 2.24) is 0 Å². The largest absolute Gasteiger partial charge is 0.367 e. The summed E-state index contributed by atoms with van der Waals surface area (Å²) in [7, 11) is 0. The molecule has 0 radical (unpaired) electrons. The number of amides is 1. The van der Waals surface area contributed by atoms with E-state index in [4.69, 9.17) is 5.73 Å². The van der Waals surface area contributed by atoms with Crippen LogP contribution in [0.3, 0.4) is 0 Å². The van der Waals surface area contributed by atoms with Crippen molar-refractivity contribution < 1.29 is 4.79 Å². The highest BCUT2D eigenvalue weighted by Crippen LogP contribution is 2.33. The third-order valence-corrected chi connectivity index (χ3v) is 4.73. The summed E-state index contributed by atoms with van der Waals surface area (Å²) >= 11 is 6.89. The van der Waals surface area contributed by atoms with E-state index in [1.807, 2.05) is 55.5 Å². The Morgan fingerprint density at radius 3 is 2.29 bits per heavy atom. The average Bonchev–Trinajstić information content (AvgIpc) is 2.47. The standard InChI is InChI=1S/C16H16Br2N2O/c1-2-16(15(19)21,11-7-9-12(17)10-8-11)20-14-6-4-3-5-13(14)18/h3-10,20H,2H2,1H3,(H2,19,21). The highest BCUT2D eigenvalue weighted by atomic mass is 79.9. The Kier molecular flexibility index (Phi) is 5.06. The van der Waals surface area contributed by atoms with Gasteiger partial charge in [0.2, 0.25) is 5.91 Å². The summed E-state index contributed by atoms with van der Waals surface area (Å²) in [5.74, 6) is -0.400. The van der Waals surface area contributed by atoms with Crippen LogP contribution in [-0.2, 0) is 10.3 Å². The number of hydrogen-bond acceptors (Lipinski definition) is 2. The average molecular weight is 412 g/mol. The number of hydrogen-bond donors (Lipinski definition) is 2. The van der Waals surface area contributed by atoms with E-state index in [0.717, 1.165) is 20.2 Å². The summed E-state index contributed by atoms with van der Waals surface area (Å²) in [6.07, 6.45) is 0.547. The third kappa shape index (κ3) is 3.30. The number of anilines is 1. The monoisotopic (exact) mass is 410 g/mol. The fourth-order valence-electron chi connectivity index (χ4n) is 2.27. The molecule has 0 aliphatic rings. The van der Waals surface area contributed by atoms with Crippen molar-refractivity contribution in [3.05, 3.63) is 63.0 Å². The van der Waals surface area contributed by atoms with Crippen LogP contribution in [0.5, 0.6) is 0 Å². The molecule has 0 aliphatic carbocycles. The SMILES string of the molecule is CCC(Nc1ccccc1Br)(C(N)=O)c1ccc(Br)cc1. The quantitative estimate of drug-likeness (QED) is 0.765. The van der Waals surface area contributed by atoms with Gasteiger partial charge < -0.3 is 11.1 Å². The number of halogens is 2. The molecule has 110 valence electrons. The van der Waals surface area contributed by atoms with Crippen LogP contribution in [0.2, 0.25) is 0 Å². The summed E-state index contributed by atoms with van der Waals surface area (Å²) in [4.78, 5) is 12.2. The van der Waals surface area contributed by atoms with Gasteiger partial charge in [-0.05, 0) is 52.2 Å². The lowest BCUT2D eigenvalue weighted by atomic mass is 9.86.